The quantitative estimate of drug-likeness (QED) is 0.507. The molecule has 8 heteroatoms. The van der Waals surface area contributed by atoms with E-state index in [0.29, 0.717) is 9.58 Å². The Hall–Kier alpha value is -2.74. The highest BCUT2D eigenvalue weighted by molar-refractivity contribution is 7.20. The van der Waals surface area contributed by atoms with Gasteiger partial charge < -0.3 is 9.84 Å². The number of hydrogen-bond acceptors (Lipinski definition) is 6. The number of hydrogen-bond donors (Lipinski definition) is 2. The molecule has 0 saturated carbocycles. The van der Waals surface area contributed by atoms with Gasteiger partial charge in [-0.1, -0.05) is 12.1 Å². The lowest BCUT2D eigenvalue weighted by Crippen LogP contribution is -2.34. The van der Waals surface area contributed by atoms with Crippen molar-refractivity contribution in [1.82, 2.24) is 5.32 Å². The number of thiophene rings is 1. The molecule has 2 amide bonds. The second-order valence-corrected chi connectivity index (χ2v) is 5.26. The number of ether oxygens (including phenoxy) is 1. The number of nitrogens with one attached hydrogen (secondary N) is 1. The molecule has 1 aromatic heterocycles. The summed E-state index contributed by atoms with van der Waals surface area (Å²) in [5, 5.41) is 10.6. The van der Waals surface area contributed by atoms with E-state index in [9.17, 15) is 19.2 Å². The molecule has 0 aliphatic carbocycles. The number of Topliss-reactive ketones (excluding diaryl/α,β-unsaturated/α-hetero) is 1. The topological polar surface area (TPSA) is 110 Å². The molecule has 0 radical (unpaired) electrons. The zero-order chi connectivity index (χ0) is 16.3. The number of ketones is 1. The lowest BCUT2D eigenvalue weighted by atomic mass is 10.1. The maximum Gasteiger partial charge on any atom is 0.411 e. The average molecular weight is 321 g/mol. The summed E-state index contributed by atoms with van der Waals surface area (Å²) in [5.41, 5.74) is 0.0449. The molecule has 22 heavy (non-hydrogen) atoms. The Bertz CT molecular complexity index is 779. The van der Waals surface area contributed by atoms with Crippen LogP contribution in [0.25, 0.3) is 10.1 Å². The third kappa shape index (κ3) is 3.29. The van der Waals surface area contributed by atoms with E-state index in [-0.39, 0.29) is 12.2 Å². The van der Waals surface area contributed by atoms with E-state index < -0.39 is 23.8 Å². The molecule has 0 aliphatic heterocycles. The van der Waals surface area contributed by atoms with Crippen LogP contribution in [0.2, 0.25) is 0 Å². The summed E-state index contributed by atoms with van der Waals surface area (Å²) in [5.74, 6) is -2.65. The van der Waals surface area contributed by atoms with Gasteiger partial charge in [-0.3, -0.25) is 14.9 Å². The van der Waals surface area contributed by atoms with Crippen LogP contribution >= 0.6 is 11.3 Å². The van der Waals surface area contributed by atoms with Crippen LogP contribution in [0.4, 0.5) is 4.79 Å². The Kier molecular flexibility index (Phi) is 4.52. The van der Waals surface area contributed by atoms with Gasteiger partial charge in [-0.25, -0.2) is 9.59 Å². The van der Waals surface area contributed by atoms with Crippen LogP contribution < -0.4 is 5.32 Å². The first kappa shape index (κ1) is 15.6. The molecule has 0 bridgehead atoms. The van der Waals surface area contributed by atoms with Gasteiger partial charge in [0.2, 0.25) is 0 Å². The fourth-order valence-electron chi connectivity index (χ4n) is 1.76. The summed E-state index contributed by atoms with van der Waals surface area (Å²) in [7, 11) is 0. The zero-order valence-electron chi connectivity index (χ0n) is 11.4. The van der Waals surface area contributed by atoms with Crippen molar-refractivity contribution in [2.24, 2.45) is 0 Å². The summed E-state index contributed by atoms with van der Waals surface area (Å²) in [4.78, 5) is 45.6. The van der Waals surface area contributed by atoms with Crippen LogP contribution in [0.5, 0.6) is 0 Å². The van der Waals surface area contributed by atoms with Gasteiger partial charge in [-0.05, 0) is 24.4 Å². The molecule has 0 aliphatic rings. The summed E-state index contributed by atoms with van der Waals surface area (Å²) in [6.45, 7) is 1.95. The van der Waals surface area contributed by atoms with Gasteiger partial charge in [0.15, 0.2) is 0 Å². The molecular formula is C14H11NO6S. The van der Waals surface area contributed by atoms with Crippen molar-refractivity contribution in [3.8, 4) is 0 Å². The van der Waals surface area contributed by atoms with E-state index in [2.05, 4.69) is 0 Å². The monoisotopic (exact) mass is 321 g/mol. The standard InChI is InChI=1S/C14H11NO6S/c1-2-21-13(18)10-5-7-3-4-8(6-9(7)22-10)11(16)12(17)15-14(19)20/h3-6H,2H2,1H3,(H,15,17)(H,19,20). The van der Waals surface area contributed by atoms with Gasteiger partial charge in [0.05, 0.1) is 6.61 Å². The molecule has 7 nitrogen and oxygen atoms in total. The first-order valence-corrected chi connectivity index (χ1v) is 7.03. The fourth-order valence-corrected chi connectivity index (χ4v) is 2.76. The van der Waals surface area contributed by atoms with Crippen LogP contribution in [-0.2, 0) is 9.53 Å². The van der Waals surface area contributed by atoms with E-state index in [1.807, 2.05) is 0 Å². The van der Waals surface area contributed by atoms with Crippen LogP contribution in [0.3, 0.4) is 0 Å². The van der Waals surface area contributed by atoms with Gasteiger partial charge >= 0.3 is 18.0 Å². The van der Waals surface area contributed by atoms with Crippen molar-refractivity contribution in [3.05, 3.63) is 34.7 Å². The fraction of sp³-hybridized carbons (Fsp3) is 0.143. The molecule has 2 N–H and O–H groups in total. The second kappa shape index (κ2) is 6.35. The molecule has 2 rings (SSSR count). The Morgan fingerprint density at radius 2 is 1.95 bits per heavy atom. The van der Waals surface area contributed by atoms with Gasteiger partial charge in [-0.15, -0.1) is 11.3 Å². The van der Waals surface area contributed by atoms with E-state index in [4.69, 9.17) is 9.84 Å². The number of fused-ring (bicyclic) bond motifs is 1. The first-order chi connectivity index (χ1) is 10.4. The van der Waals surface area contributed by atoms with Crippen molar-refractivity contribution in [2.75, 3.05) is 6.61 Å². The number of carbonyl (C=O) groups is 4. The molecule has 114 valence electrons. The van der Waals surface area contributed by atoms with Gasteiger partial charge in [-0.2, -0.15) is 0 Å². The molecule has 0 fully saturated rings. The highest BCUT2D eigenvalue weighted by Crippen LogP contribution is 2.27. The smallest absolute Gasteiger partial charge is 0.411 e. The molecule has 0 spiro atoms. The van der Waals surface area contributed by atoms with Crippen LogP contribution in [0.15, 0.2) is 24.3 Å². The Balaban J connectivity index is 2.30. The number of carbonyl (C=O) groups excluding carboxylic acids is 3. The third-order valence-electron chi connectivity index (χ3n) is 2.69. The van der Waals surface area contributed by atoms with Crippen molar-refractivity contribution < 1.29 is 29.0 Å². The minimum Gasteiger partial charge on any atom is -0.465 e. The summed E-state index contributed by atoms with van der Waals surface area (Å²) < 4.78 is 5.51. The minimum atomic E-state index is -1.60. The van der Waals surface area contributed by atoms with Crippen LogP contribution in [-0.4, -0.2) is 35.5 Å². The predicted molar refractivity (Wildman–Crippen MR) is 78.3 cm³/mol. The van der Waals surface area contributed by atoms with Gasteiger partial charge in [0.25, 0.3) is 5.78 Å². The number of rotatable bonds is 4. The molecular weight excluding hydrogens is 310 g/mol. The van der Waals surface area contributed by atoms with Crippen molar-refractivity contribution >= 4 is 45.2 Å². The minimum absolute atomic E-state index is 0.0449. The maximum absolute atomic E-state index is 11.8. The Morgan fingerprint density at radius 1 is 1.23 bits per heavy atom. The number of amides is 2. The molecule has 0 unspecified atom stereocenters. The first-order valence-electron chi connectivity index (χ1n) is 6.21. The van der Waals surface area contributed by atoms with E-state index in [1.165, 1.54) is 17.4 Å². The van der Waals surface area contributed by atoms with E-state index in [0.717, 1.165) is 16.7 Å². The normalized spacial score (nSPS) is 10.2. The third-order valence-corrected chi connectivity index (χ3v) is 3.76. The maximum atomic E-state index is 11.8. The Labute approximate surface area is 128 Å². The van der Waals surface area contributed by atoms with Crippen molar-refractivity contribution in [3.63, 3.8) is 0 Å². The second-order valence-electron chi connectivity index (χ2n) is 4.17. The number of esters is 1. The molecule has 0 atom stereocenters. The number of carboxylic acid groups (broad SMARTS) is 1. The lowest BCUT2D eigenvalue weighted by Gasteiger charge is -1.99. The lowest BCUT2D eigenvalue weighted by molar-refractivity contribution is -0.116. The van der Waals surface area contributed by atoms with Gasteiger partial charge in [0, 0.05) is 10.3 Å². The summed E-state index contributed by atoms with van der Waals surface area (Å²) in [6.07, 6.45) is -1.60. The molecule has 1 heterocycles. The molecule has 1 aromatic carbocycles. The van der Waals surface area contributed by atoms with Crippen LogP contribution in [0, 0.1) is 0 Å². The number of benzene rings is 1. The van der Waals surface area contributed by atoms with Gasteiger partial charge in [0.1, 0.15) is 4.88 Å². The zero-order valence-corrected chi connectivity index (χ0v) is 12.2. The largest absolute Gasteiger partial charge is 0.465 e. The van der Waals surface area contributed by atoms with Crippen LogP contribution in [0.1, 0.15) is 27.0 Å². The SMILES string of the molecule is CCOC(=O)c1cc2ccc(C(=O)C(=O)NC(=O)O)cc2s1. The molecule has 2 aromatic rings. The average Bonchev–Trinajstić information content (AvgIpc) is 2.89. The summed E-state index contributed by atoms with van der Waals surface area (Å²) in [6, 6.07) is 6.04. The predicted octanol–water partition coefficient (Wildman–Crippen LogP) is 2.05. The van der Waals surface area contributed by atoms with E-state index >= 15 is 0 Å². The highest BCUT2D eigenvalue weighted by Gasteiger charge is 2.19. The summed E-state index contributed by atoms with van der Waals surface area (Å²) >= 11 is 1.13. The number of imide groups is 1. The van der Waals surface area contributed by atoms with Crippen molar-refractivity contribution in [2.45, 2.75) is 6.92 Å². The Morgan fingerprint density at radius 3 is 2.59 bits per heavy atom. The molecule has 0 saturated heterocycles. The van der Waals surface area contributed by atoms with Crippen molar-refractivity contribution in [1.29, 1.82) is 0 Å². The van der Waals surface area contributed by atoms with E-state index in [1.54, 1.807) is 19.1 Å². The highest BCUT2D eigenvalue weighted by atomic mass is 32.1.